The van der Waals surface area contributed by atoms with E-state index in [2.05, 4.69) is 6.92 Å². The van der Waals surface area contributed by atoms with E-state index in [1.807, 2.05) is 36.4 Å². The van der Waals surface area contributed by atoms with E-state index < -0.39 is 17.5 Å². The molecule has 0 saturated carbocycles. The normalized spacial score (nSPS) is 11.1. The molecule has 0 fully saturated rings. The summed E-state index contributed by atoms with van der Waals surface area (Å²) in [6, 6.07) is 15.5. The van der Waals surface area contributed by atoms with Crippen LogP contribution in [0.25, 0.3) is 0 Å². The van der Waals surface area contributed by atoms with E-state index in [1.165, 1.54) is 0 Å². The van der Waals surface area contributed by atoms with Crippen LogP contribution in [-0.2, 0) is 32.1 Å². The molecule has 3 aromatic rings. The Morgan fingerprint density at radius 2 is 1.00 bits per heavy atom. The van der Waals surface area contributed by atoms with Crippen molar-refractivity contribution in [3.63, 3.8) is 0 Å². The van der Waals surface area contributed by atoms with E-state index in [0.717, 1.165) is 48.1 Å². The molecule has 0 aromatic heterocycles. The van der Waals surface area contributed by atoms with Crippen LogP contribution in [0.3, 0.4) is 0 Å². The minimum absolute atomic E-state index is 0.147. The van der Waals surface area contributed by atoms with Gasteiger partial charge in [-0.1, -0.05) is 49.7 Å². The molecule has 0 amide bonds. The van der Waals surface area contributed by atoms with Crippen molar-refractivity contribution in [2.75, 3.05) is 0 Å². The first-order chi connectivity index (χ1) is 14.0. The topological polar surface area (TPSA) is 0 Å². The van der Waals surface area contributed by atoms with Crippen LogP contribution in [0.15, 0.2) is 54.6 Å². The average Bonchev–Trinajstić information content (AvgIpc) is 2.71. The molecule has 3 rings (SSSR count). The van der Waals surface area contributed by atoms with Crippen molar-refractivity contribution in [2.45, 2.75) is 45.4 Å². The number of hydrogen-bond acceptors (Lipinski definition) is 0. The minimum Gasteiger partial charge on any atom is -0.207 e. The molecule has 0 heterocycles. The van der Waals surface area contributed by atoms with Crippen LogP contribution in [0.2, 0.25) is 0 Å². The van der Waals surface area contributed by atoms with Crippen molar-refractivity contribution >= 4 is 0 Å². The third-order valence-electron chi connectivity index (χ3n) is 5.11. The fraction of sp³-hybridized carbons (Fsp3) is 0.280. The molecule has 0 spiro atoms. The maximum Gasteiger partial charge on any atom is 0.194 e. The Hall–Kier alpha value is -2.62. The van der Waals surface area contributed by atoms with Crippen LogP contribution >= 0.6 is 0 Å². The zero-order valence-electron chi connectivity index (χ0n) is 16.5. The molecule has 0 aliphatic carbocycles. The molecule has 0 nitrogen and oxygen atoms in total. The van der Waals surface area contributed by atoms with Crippen LogP contribution in [0.5, 0.6) is 0 Å². The Bertz CT molecular complexity index is 938. The Labute approximate surface area is 169 Å². The highest BCUT2D eigenvalue weighted by atomic mass is 19.2. The summed E-state index contributed by atoms with van der Waals surface area (Å²) in [5, 5.41) is 0. The molecule has 3 aromatic carbocycles. The zero-order valence-corrected chi connectivity index (χ0v) is 16.5. The second kappa shape index (κ2) is 9.73. The molecule has 0 aliphatic heterocycles. The lowest BCUT2D eigenvalue weighted by Gasteiger charge is -2.08. The number of benzene rings is 3. The first-order valence-electron chi connectivity index (χ1n) is 9.94. The van der Waals surface area contributed by atoms with Crippen LogP contribution in [-0.4, -0.2) is 0 Å². The summed E-state index contributed by atoms with van der Waals surface area (Å²) in [7, 11) is 0. The number of aryl methyl sites for hydroxylation is 5. The number of hydrogen-bond donors (Lipinski definition) is 0. The van der Waals surface area contributed by atoms with Gasteiger partial charge in [0.15, 0.2) is 17.5 Å². The van der Waals surface area contributed by atoms with E-state index in [-0.39, 0.29) is 5.82 Å². The van der Waals surface area contributed by atoms with Gasteiger partial charge in [0.2, 0.25) is 0 Å². The van der Waals surface area contributed by atoms with E-state index in [0.29, 0.717) is 30.4 Å². The molecule has 152 valence electrons. The smallest absolute Gasteiger partial charge is 0.194 e. The monoisotopic (exact) mass is 400 g/mol. The predicted molar refractivity (Wildman–Crippen MR) is 108 cm³/mol. The highest BCUT2D eigenvalue weighted by molar-refractivity contribution is 5.28. The highest BCUT2D eigenvalue weighted by Gasteiger charge is 2.10. The van der Waals surface area contributed by atoms with Crippen LogP contribution in [0.4, 0.5) is 17.6 Å². The third-order valence-corrected chi connectivity index (χ3v) is 5.11. The van der Waals surface area contributed by atoms with Gasteiger partial charge in [0.1, 0.15) is 5.82 Å². The van der Waals surface area contributed by atoms with E-state index in [1.54, 1.807) is 6.07 Å². The maximum absolute atomic E-state index is 14.2. The lowest BCUT2D eigenvalue weighted by atomic mass is 9.99. The minimum atomic E-state index is -1.44. The number of rotatable bonds is 8. The molecule has 0 saturated heterocycles. The summed E-state index contributed by atoms with van der Waals surface area (Å²) in [4.78, 5) is 0. The molecule has 0 aliphatic rings. The first kappa shape index (κ1) is 21.1. The Morgan fingerprint density at radius 3 is 1.55 bits per heavy atom. The Morgan fingerprint density at radius 1 is 0.517 bits per heavy atom. The van der Waals surface area contributed by atoms with Crippen LogP contribution < -0.4 is 0 Å². The van der Waals surface area contributed by atoms with Crippen LogP contribution in [0.1, 0.15) is 41.2 Å². The molecule has 0 N–H and O–H groups in total. The van der Waals surface area contributed by atoms with Gasteiger partial charge in [-0.3, -0.25) is 0 Å². The number of halogens is 4. The zero-order chi connectivity index (χ0) is 20.8. The summed E-state index contributed by atoms with van der Waals surface area (Å²) < 4.78 is 53.8. The van der Waals surface area contributed by atoms with Gasteiger partial charge < -0.3 is 0 Å². The summed E-state index contributed by atoms with van der Waals surface area (Å²) >= 11 is 0. The van der Waals surface area contributed by atoms with Gasteiger partial charge in [-0.15, -0.1) is 0 Å². The Kier molecular flexibility index (Phi) is 7.08. The van der Waals surface area contributed by atoms with E-state index >= 15 is 0 Å². The van der Waals surface area contributed by atoms with Gasteiger partial charge in [0.05, 0.1) is 0 Å². The summed E-state index contributed by atoms with van der Waals surface area (Å²) in [6.07, 6.45) is 4.26. The largest absolute Gasteiger partial charge is 0.207 e. The quantitative estimate of drug-likeness (QED) is 0.289. The third kappa shape index (κ3) is 5.69. The second-order valence-electron chi connectivity index (χ2n) is 7.37. The van der Waals surface area contributed by atoms with Gasteiger partial charge in [-0.25, -0.2) is 17.6 Å². The summed E-state index contributed by atoms with van der Waals surface area (Å²) in [5.41, 5.74) is 4.29. The fourth-order valence-electron chi connectivity index (χ4n) is 3.43. The van der Waals surface area contributed by atoms with Crippen molar-refractivity contribution in [3.05, 3.63) is 106 Å². The summed E-state index contributed by atoms with van der Waals surface area (Å²) in [6.45, 7) is 2.08. The average molecular weight is 400 g/mol. The lowest BCUT2D eigenvalue weighted by molar-refractivity contribution is 0.445. The van der Waals surface area contributed by atoms with Gasteiger partial charge in [0, 0.05) is 0 Å². The van der Waals surface area contributed by atoms with Gasteiger partial charge in [-0.05, 0) is 78.1 Å². The summed E-state index contributed by atoms with van der Waals surface area (Å²) in [5.74, 6) is -3.91. The molecule has 0 bridgehead atoms. The maximum atomic E-state index is 14.2. The predicted octanol–water partition coefficient (Wildman–Crippen LogP) is 6.77. The van der Waals surface area contributed by atoms with Crippen molar-refractivity contribution in [2.24, 2.45) is 0 Å². The Balaban J connectivity index is 1.55. The molecule has 0 atom stereocenters. The molecule has 29 heavy (non-hydrogen) atoms. The molecule has 0 unspecified atom stereocenters. The van der Waals surface area contributed by atoms with E-state index in [9.17, 15) is 17.6 Å². The molecular formula is C25H24F4. The van der Waals surface area contributed by atoms with Crippen molar-refractivity contribution in [1.82, 2.24) is 0 Å². The van der Waals surface area contributed by atoms with E-state index in [4.69, 9.17) is 0 Å². The molecule has 4 heteroatoms. The lowest BCUT2D eigenvalue weighted by Crippen LogP contribution is -1.98. The fourth-order valence-corrected chi connectivity index (χ4v) is 3.43. The highest BCUT2D eigenvalue weighted by Crippen LogP contribution is 2.17. The van der Waals surface area contributed by atoms with Crippen molar-refractivity contribution in [3.8, 4) is 0 Å². The SMILES string of the molecule is CCCc1ccc(CCc2ccc(CCc3cc(F)c(F)c(F)c3)cc2)c(F)c1. The van der Waals surface area contributed by atoms with Gasteiger partial charge in [0.25, 0.3) is 0 Å². The standard InChI is InChI=1S/C25H24F4/c1-2-3-19-11-13-21(22(26)14-19)12-10-18-6-4-17(5-7-18)8-9-20-15-23(27)25(29)24(28)16-20/h4-7,11,13-16H,2-3,8-10,12H2,1H3. The van der Waals surface area contributed by atoms with Crippen molar-refractivity contribution in [1.29, 1.82) is 0 Å². The molecule has 0 radical (unpaired) electrons. The second-order valence-corrected chi connectivity index (χ2v) is 7.37. The molecular weight excluding hydrogens is 376 g/mol. The van der Waals surface area contributed by atoms with Crippen molar-refractivity contribution < 1.29 is 17.6 Å². The van der Waals surface area contributed by atoms with Gasteiger partial charge >= 0.3 is 0 Å². The first-order valence-corrected chi connectivity index (χ1v) is 9.94. The van der Waals surface area contributed by atoms with Gasteiger partial charge in [-0.2, -0.15) is 0 Å². The van der Waals surface area contributed by atoms with Crippen LogP contribution in [0, 0.1) is 23.3 Å².